The van der Waals surface area contributed by atoms with Crippen LogP contribution in [0.25, 0.3) is 0 Å². The van der Waals surface area contributed by atoms with E-state index in [0.29, 0.717) is 30.9 Å². The average Bonchev–Trinajstić information content (AvgIpc) is 2.87. The minimum Gasteiger partial charge on any atom is -0.496 e. The minimum absolute atomic E-state index is 0.00280. The number of nitrogens with zero attached hydrogens (tertiary/aromatic N) is 2. The molecule has 1 aliphatic heterocycles. The highest BCUT2D eigenvalue weighted by Gasteiger charge is 2.27. The lowest BCUT2D eigenvalue weighted by molar-refractivity contribution is -0.133. The number of ether oxygens (including phenoxy) is 2. The number of rotatable bonds is 9. The molecule has 0 radical (unpaired) electrons. The summed E-state index contributed by atoms with van der Waals surface area (Å²) in [5.74, 6) is 1.35. The Kier molecular flexibility index (Phi) is 7.48. The van der Waals surface area contributed by atoms with Crippen molar-refractivity contribution in [3.05, 3.63) is 90.0 Å². The number of benzene rings is 3. The fourth-order valence-corrected chi connectivity index (χ4v) is 4.32. The third-order valence-electron chi connectivity index (χ3n) is 6.11. The summed E-state index contributed by atoms with van der Waals surface area (Å²) in [7, 11) is 1.66. The van der Waals surface area contributed by atoms with Crippen LogP contribution in [-0.2, 0) is 22.6 Å². The molecule has 0 bridgehead atoms. The van der Waals surface area contributed by atoms with Crippen LogP contribution in [0.3, 0.4) is 0 Å². The Hall–Kier alpha value is -3.80. The molecular weight excluding hydrogens is 428 g/mol. The molecule has 6 heteroatoms. The first kappa shape index (κ1) is 23.4. The Morgan fingerprint density at radius 1 is 1.03 bits per heavy atom. The van der Waals surface area contributed by atoms with E-state index in [0.717, 1.165) is 16.9 Å². The Morgan fingerprint density at radius 2 is 1.74 bits per heavy atom. The molecule has 0 N–H and O–H groups in total. The Balaban J connectivity index is 1.51. The Morgan fingerprint density at radius 3 is 2.53 bits per heavy atom. The Bertz CT molecular complexity index is 1130. The predicted molar refractivity (Wildman–Crippen MR) is 132 cm³/mol. The summed E-state index contributed by atoms with van der Waals surface area (Å²) in [5.41, 5.74) is 2.83. The first-order chi connectivity index (χ1) is 16.6. The van der Waals surface area contributed by atoms with Gasteiger partial charge in [-0.25, -0.2) is 0 Å². The molecule has 1 atom stereocenters. The van der Waals surface area contributed by atoms with Crippen LogP contribution in [0.5, 0.6) is 11.5 Å². The standard InChI is InChI=1S/C28H30N2O4/c1-21(18-23-12-6-8-14-25(23)33-2)30(19-22-10-4-3-5-11-22)27(31)16-17-29-24-13-7-9-15-26(24)34-20-28(29)32/h3-15,21H,16-20H2,1-2H3/t21-/m0/s1. The molecule has 4 rings (SSSR count). The van der Waals surface area contributed by atoms with Crippen LogP contribution in [0.4, 0.5) is 5.69 Å². The van der Waals surface area contributed by atoms with Crippen LogP contribution in [-0.4, -0.2) is 43.0 Å². The number of methoxy groups -OCH3 is 1. The summed E-state index contributed by atoms with van der Waals surface area (Å²) in [6.45, 7) is 2.86. The van der Waals surface area contributed by atoms with Crippen molar-refractivity contribution < 1.29 is 19.1 Å². The molecule has 0 spiro atoms. The van der Waals surface area contributed by atoms with E-state index in [-0.39, 0.29) is 30.9 Å². The summed E-state index contributed by atoms with van der Waals surface area (Å²) < 4.78 is 11.0. The van der Waals surface area contributed by atoms with Crippen LogP contribution >= 0.6 is 0 Å². The summed E-state index contributed by atoms with van der Waals surface area (Å²) in [4.78, 5) is 29.6. The van der Waals surface area contributed by atoms with Gasteiger partial charge in [-0.1, -0.05) is 60.7 Å². The zero-order valence-electron chi connectivity index (χ0n) is 19.6. The van der Waals surface area contributed by atoms with Gasteiger partial charge in [0.25, 0.3) is 5.91 Å². The van der Waals surface area contributed by atoms with Crippen molar-refractivity contribution in [2.24, 2.45) is 0 Å². The second-order valence-electron chi connectivity index (χ2n) is 8.42. The largest absolute Gasteiger partial charge is 0.496 e. The van der Waals surface area contributed by atoms with Gasteiger partial charge in [0.2, 0.25) is 5.91 Å². The van der Waals surface area contributed by atoms with Crippen molar-refractivity contribution >= 4 is 17.5 Å². The number of hydrogen-bond acceptors (Lipinski definition) is 4. The van der Waals surface area contributed by atoms with Gasteiger partial charge < -0.3 is 19.3 Å². The lowest BCUT2D eigenvalue weighted by atomic mass is 10.0. The topological polar surface area (TPSA) is 59.1 Å². The highest BCUT2D eigenvalue weighted by molar-refractivity contribution is 5.98. The molecule has 0 aromatic heterocycles. The molecule has 1 heterocycles. The average molecular weight is 459 g/mol. The van der Waals surface area contributed by atoms with Gasteiger partial charge in [-0.05, 0) is 42.7 Å². The van der Waals surface area contributed by atoms with E-state index in [2.05, 4.69) is 6.92 Å². The van der Waals surface area contributed by atoms with E-state index < -0.39 is 0 Å². The third kappa shape index (κ3) is 5.39. The Labute approximate surface area is 200 Å². The van der Waals surface area contributed by atoms with Gasteiger partial charge in [0, 0.05) is 25.6 Å². The summed E-state index contributed by atoms with van der Waals surface area (Å²) in [6, 6.07) is 25.2. The zero-order valence-corrected chi connectivity index (χ0v) is 19.6. The lowest BCUT2D eigenvalue weighted by Crippen LogP contribution is -2.44. The highest BCUT2D eigenvalue weighted by Crippen LogP contribution is 2.31. The van der Waals surface area contributed by atoms with Gasteiger partial charge in [0.05, 0.1) is 12.8 Å². The maximum Gasteiger partial charge on any atom is 0.265 e. The fourth-order valence-electron chi connectivity index (χ4n) is 4.32. The van der Waals surface area contributed by atoms with E-state index >= 15 is 0 Å². The quantitative estimate of drug-likeness (QED) is 0.475. The highest BCUT2D eigenvalue weighted by atomic mass is 16.5. The molecule has 0 saturated carbocycles. The SMILES string of the molecule is COc1ccccc1C[C@H](C)N(Cc1ccccc1)C(=O)CCN1C(=O)COc2ccccc21. The molecule has 34 heavy (non-hydrogen) atoms. The van der Waals surface area contributed by atoms with E-state index in [9.17, 15) is 9.59 Å². The summed E-state index contributed by atoms with van der Waals surface area (Å²) >= 11 is 0. The van der Waals surface area contributed by atoms with E-state index in [1.54, 1.807) is 12.0 Å². The normalized spacial score (nSPS) is 13.6. The second-order valence-corrected chi connectivity index (χ2v) is 8.42. The number of hydrogen-bond donors (Lipinski definition) is 0. The van der Waals surface area contributed by atoms with Gasteiger partial charge >= 0.3 is 0 Å². The zero-order chi connectivity index (χ0) is 23.9. The maximum absolute atomic E-state index is 13.5. The molecule has 0 saturated heterocycles. The summed E-state index contributed by atoms with van der Waals surface area (Å²) in [5, 5.41) is 0. The number of amides is 2. The molecular formula is C28H30N2O4. The first-order valence-electron chi connectivity index (χ1n) is 11.5. The van der Waals surface area contributed by atoms with Crippen molar-refractivity contribution in [1.82, 2.24) is 4.90 Å². The van der Waals surface area contributed by atoms with E-state index in [1.807, 2.05) is 83.8 Å². The number of anilines is 1. The molecule has 6 nitrogen and oxygen atoms in total. The third-order valence-corrected chi connectivity index (χ3v) is 6.11. The fraction of sp³-hybridized carbons (Fsp3) is 0.286. The number of fused-ring (bicyclic) bond motifs is 1. The molecule has 3 aromatic rings. The van der Waals surface area contributed by atoms with Crippen molar-refractivity contribution in [3.63, 3.8) is 0 Å². The van der Waals surface area contributed by atoms with Crippen LogP contribution < -0.4 is 14.4 Å². The molecule has 0 fully saturated rings. The van der Waals surface area contributed by atoms with Gasteiger partial charge in [0.15, 0.2) is 6.61 Å². The molecule has 176 valence electrons. The molecule has 2 amide bonds. The molecule has 1 aliphatic rings. The van der Waals surface area contributed by atoms with Crippen molar-refractivity contribution in [2.75, 3.05) is 25.2 Å². The van der Waals surface area contributed by atoms with Crippen LogP contribution in [0.2, 0.25) is 0 Å². The van der Waals surface area contributed by atoms with Crippen molar-refractivity contribution in [2.45, 2.75) is 32.4 Å². The summed E-state index contributed by atoms with van der Waals surface area (Å²) in [6.07, 6.45) is 0.894. The second kappa shape index (κ2) is 10.9. The van der Waals surface area contributed by atoms with Gasteiger partial charge in [-0.3, -0.25) is 9.59 Å². The van der Waals surface area contributed by atoms with Crippen molar-refractivity contribution in [1.29, 1.82) is 0 Å². The number of carbonyl (C=O) groups excluding carboxylic acids is 2. The van der Waals surface area contributed by atoms with Crippen LogP contribution in [0.15, 0.2) is 78.9 Å². The predicted octanol–water partition coefficient (Wildman–Crippen LogP) is 4.47. The minimum atomic E-state index is -0.136. The van der Waals surface area contributed by atoms with Gasteiger partial charge in [-0.2, -0.15) is 0 Å². The molecule has 3 aromatic carbocycles. The smallest absolute Gasteiger partial charge is 0.265 e. The van der Waals surface area contributed by atoms with Crippen LogP contribution in [0, 0.1) is 0 Å². The molecule has 0 unspecified atom stereocenters. The number of para-hydroxylation sites is 3. The van der Waals surface area contributed by atoms with Gasteiger partial charge in [-0.15, -0.1) is 0 Å². The van der Waals surface area contributed by atoms with E-state index in [1.165, 1.54) is 0 Å². The lowest BCUT2D eigenvalue weighted by Gasteiger charge is -2.32. The van der Waals surface area contributed by atoms with Crippen LogP contribution in [0.1, 0.15) is 24.5 Å². The number of carbonyl (C=O) groups is 2. The molecule has 0 aliphatic carbocycles. The monoisotopic (exact) mass is 458 g/mol. The van der Waals surface area contributed by atoms with E-state index in [4.69, 9.17) is 9.47 Å². The van der Waals surface area contributed by atoms with Crippen molar-refractivity contribution in [3.8, 4) is 11.5 Å². The first-order valence-corrected chi connectivity index (χ1v) is 11.5. The maximum atomic E-state index is 13.5. The van der Waals surface area contributed by atoms with Gasteiger partial charge in [0.1, 0.15) is 11.5 Å².